The summed E-state index contributed by atoms with van der Waals surface area (Å²) in [5, 5.41) is 4.07. The lowest BCUT2D eigenvalue weighted by Crippen LogP contribution is -2.51. The first-order valence-electron chi connectivity index (χ1n) is 11.2. The van der Waals surface area contributed by atoms with Crippen LogP contribution in [0.4, 0.5) is 0 Å². The molecular formula is C27H28Cl2N2O3. The fourth-order valence-corrected chi connectivity index (χ4v) is 3.80. The quantitative estimate of drug-likeness (QED) is 0.377. The predicted octanol–water partition coefficient (Wildman–Crippen LogP) is 5.54. The Balaban J connectivity index is 1.88. The fraction of sp³-hybridized carbons (Fsp3) is 0.259. The lowest BCUT2D eigenvalue weighted by atomic mass is 10.0. The second-order valence-corrected chi connectivity index (χ2v) is 8.76. The Morgan fingerprint density at radius 3 is 2.32 bits per heavy atom. The summed E-state index contributed by atoms with van der Waals surface area (Å²) in [6.45, 7) is 2.54. The minimum absolute atomic E-state index is 0.198. The van der Waals surface area contributed by atoms with E-state index >= 15 is 0 Å². The van der Waals surface area contributed by atoms with Crippen LogP contribution in [-0.2, 0) is 22.6 Å². The molecule has 2 amide bonds. The Kier molecular flexibility index (Phi) is 9.80. The van der Waals surface area contributed by atoms with Gasteiger partial charge in [0.2, 0.25) is 5.91 Å². The van der Waals surface area contributed by atoms with Gasteiger partial charge in [0.05, 0.1) is 0 Å². The zero-order chi connectivity index (χ0) is 24.3. The molecule has 3 aromatic carbocycles. The van der Waals surface area contributed by atoms with Crippen LogP contribution < -0.4 is 10.1 Å². The lowest BCUT2D eigenvalue weighted by Gasteiger charge is -2.31. The Morgan fingerprint density at radius 1 is 0.912 bits per heavy atom. The number of carbonyl (C=O) groups is 2. The number of nitrogens with one attached hydrogen (secondary N) is 1. The molecule has 0 aliphatic rings. The first-order valence-corrected chi connectivity index (χ1v) is 12.0. The van der Waals surface area contributed by atoms with Crippen LogP contribution in [-0.4, -0.2) is 35.9 Å². The van der Waals surface area contributed by atoms with Gasteiger partial charge in [-0.1, -0.05) is 78.7 Å². The maximum atomic E-state index is 13.4. The highest BCUT2D eigenvalue weighted by Crippen LogP contribution is 2.19. The molecule has 5 nitrogen and oxygen atoms in total. The van der Waals surface area contributed by atoms with Crippen molar-refractivity contribution in [1.82, 2.24) is 10.2 Å². The second kappa shape index (κ2) is 13.0. The SMILES string of the molecule is CCCNC(=O)[C@H](Cc1ccccc1)N(Cc1ccc(Cl)cc1)C(=O)COc1cccc(Cl)c1. The number of nitrogens with zero attached hydrogens (tertiary/aromatic N) is 1. The molecule has 0 saturated carbocycles. The molecule has 7 heteroatoms. The van der Waals surface area contributed by atoms with Gasteiger partial charge in [-0.15, -0.1) is 0 Å². The third-order valence-electron chi connectivity index (χ3n) is 5.24. The molecule has 34 heavy (non-hydrogen) atoms. The zero-order valence-corrected chi connectivity index (χ0v) is 20.6. The number of benzene rings is 3. The summed E-state index contributed by atoms with van der Waals surface area (Å²) < 4.78 is 5.72. The van der Waals surface area contributed by atoms with Crippen molar-refractivity contribution in [3.05, 3.63) is 100 Å². The molecule has 3 rings (SSSR count). The van der Waals surface area contributed by atoms with Crippen LogP contribution >= 0.6 is 23.2 Å². The van der Waals surface area contributed by atoms with Crippen molar-refractivity contribution < 1.29 is 14.3 Å². The lowest BCUT2D eigenvalue weighted by molar-refractivity contribution is -0.142. The standard InChI is InChI=1S/C27H28Cl2N2O3/c1-2-15-30-27(33)25(16-20-7-4-3-5-8-20)31(18-21-11-13-22(28)14-12-21)26(32)19-34-24-10-6-9-23(29)17-24/h3-14,17,25H,2,15-16,18-19H2,1H3,(H,30,33)/t25-/m0/s1. The Labute approximate surface area is 210 Å². The number of hydrogen-bond donors (Lipinski definition) is 1. The first-order chi connectivity index (χ1) is 16.5. The van der Waals surface area contributed by atoms with Gasteiger partial charge in [0, 0.05) is 29.6 Å². The molecule has 1 N–H and O–H groups in total. The molecule has 0 aromatic heterocycles. The number of hydrogen-bond acceptors (Lipinski definition) is 3. The van der Waals surface area contributed by atoms with E-state index < -0.39 is 6.04 Å². The van der Waals surface area contributed by atoms with Crippen molar-refractivity contribution in [3.63, 3.8) is 0 Å². The molecule has 0 bridgehead atoms. The molecular weight excluding hydrogens is 471 g/mol. The highest BCUT2D eigenvalue weighted by molar-refractivity contribution is 6.30. The van der Waals surface area contributed by atoms with Crippen LogP contribution in [0.25, 0.3) is 0 Å². The van der Waals surface area contributed by atoms with Crippen LogP contribution in [0.5, 0.6) is 5.75 Å². The molecule has 178 valence electrons. The highest BCUT2D eigenvalue weighted by Gasteiger charge is 2.30. The van der Waals surface area contributed by atoms with E-state index in [0.29, 0.717) is 28.8 Å². The third kappa shape index (κ3) is 7.79. The molecule has 0 heterocycles. The van der Waals surface area contributed by atoms with Crippen LogP contribution in [0.3, 0.4) is 0 Å². The molecule has 0 saturated heterocycles. The van der Waals surface area contributed by atoms with Crippen molar-refractivity contribution in [2.75, 3.05) is 13.2 Å². The van der Waals surface area contributed by atoms with Crippen molar-refractivity contribution in [3.8, 4) is 5.75 Å². The summed E-state index contributed by atoms with van der Waals surface area (Å²) in [7, 11) is 0. The maximum absolute atomic E-state index is 13.4. The zero-order valence-electron chi connectivity index (χ0n) is 19.0. The molecule has 3 aromatic rings. The minimum atomic E-state index is -0.708. The van der Waals surface area contributed by atoms with Crippen LogP contribution in [0, 0.1) is 0 Å². The average molecular weight is 499 g/mol. The molecule has 0 spiro atoms. The topological polar surface area (TPSA) is 58.6 Å². The van der Waals surface area contributed by atoms with Gasteiger partial charge < -0.3 is 15.0 Å². The second-order valence-electron chi connectivity index (χ2n) is 7.89. The monoisotopic (exact) mass is 498 g/mol. The van der Waals surface area contributed by atoms with Gasteiger partial charge in [-0.2, -0.15) is 0 Å². The Bertz CT molecular complexity index is 1070. The van der Waals surface area contributed by atoms with Gasteiger partial charge in [0.15, 0.2) is 6.61 Å². The smallest absolute Gasteiger partial charge is 0.261 e. The molecule has 0 aliphatic carbocycles. The van der Waals surface area contributed by atoms with E-state index in [4.69, 9.17) is 27.9 Å². The molecule has 1 atom stereocenters. The van der Waals surface area contributed by atoms with Gasteiger partial charge in [-0.3, -0.25) is 9.59 Å². The molecule has 0 radical (unpaired) electrons. The number of carbonyl (C=O) groups excluding carboxylic acids is 2. The summed E-state index contributed by atoms with van der Waals surface area (Å²) in [4.78, 5) is 28.3. The van der Waals surface area contributed by atoms with Crippen LogP contribution in [0.15, 0.2) is 78.9 Å². The van der Waals surface area contributed by atoms with Gasteiger partial charge in [0.25, 0.3) is 5.91 Å². The normalized spacial score (nSPS) is 11.5. The van der Waals surface area contributed by atoms with Gasteiger partial charge in [-0.25, -0.2) is 0 Å². The summed E-state index contributed by atoms with van der Waals surface area (Å²) in [5.74, 6) is -0.0133. The fourth-order valence-electron chi connectivity index (χ4n) is 3.49. The van der Waals surface area contributed by atoms with Crippen molar-refractivity contribution in [1.29, 1.82) is 0 Å². The summed E-state index contributed by atoms with van der Waals surface area (Å²) in [5.41, 5.74) is 1.82. The molecule has 0 unspecified atom stereocenters. The summed E-state index contributed by atoms with van der Waals surface area (Å²) in [6, 6.07) is 23.1. The third-order valence-corrected chi connectivity index (χ3v) is 5.73. The summed E-state index contributed by atoms with van der Waals surface area (Å²) in [6.07, 6.45) is 1.18. The number of rotatable bonds is 11. The number of amides is 2. The van der Waals surface area contributed by atoms with E-state index in [-0.39, 0.29) is 25.0 Å². The average Bonchev–Trinajstić information content (AvgIpc) is 2.85. The Morgan fingerprint density at radius 2 is 1.65 bits per heavy atom. The molecule has 0 aliphatic heterocycles. The highest BCUT2D eigenvalue weighted by atomic mass is 35.5. The predicted molar refractivity (Wildman–Crippen MR) is 136 cm³/mol. The molecule has 0 fully saturated rings. The largest absolute Gasteiger partial charge is 0.484 e. The van der Waals surface area contributed by atoms with E-state index in [1.807, 2.05) is 49.4 Å². The van der Waals surface area contributed by atoms with Gasteiger partial charge in [-0.05, 0) is 47.9 Å². The van der Waals surface area contributed by atoms with Gasteiger partial charge >= 0.3 is 0 Å². The van der Waals surface area contributed by atoms with Gasteiger partial charge in [0.1, 0.15) is 11.8 Å². The van der Waals surface area contributed by atoms with E-state index in [2.05, 4.69) is 5.32 Å². The maximum Gasteiger partial charge on any atom is 0.261 e. The summed E-state index contributed by atoms with van der Waals surface area (Å²) >= 11 is 12.1. The van der Waals surface area contributed by atoms with Crippen molar-refractivity contribution in [2.45, 2.75) is 32.4 Å². The van der Waals surface area contributed by atoms with Crippen LogP contribution in [0.2, 0.25) is 10.0 Å². The number of halogens is 2. The Hall–Kier alpha value is -3.02. The van der Waals surface area contributed by atoms with E-state index in [1.54, 1.807) is 41.3 Å². The van der Waals surface area contributed by atoms with Crippen molar-refractivity contribution in [2.24, 2.45) is 0 Å². The minimum Gasteiger partial charge on any atom is -0.484 e. The van der Waals surface area contributed by atoms with Crippen molar-refractivity contribution >= 4 is 35.0 Å². The van der Waals surface area contributed by atoms with E-state index in [9.17, 15) is 9.59 Å². The van der Waals surface area contributed by atoms with Crippen LogP contribution in [0.1, 0.15) is 24.5 Å². The van der Waals surface area contributed by atoms with E-state index in [1.165, 1.54) is 0 Å². The number of ether oxygens (including phenoxy) is 1. The first kappa shape index (κ1) is 25.6. The van der Waals surface area contributed by atoms with E-state index in [0.717, 1.165) is 17.5 Å².